The van der Waals surface area contributed by atoms with E-state index in [-0.39, 0.29) is 25.7 Å². The average molecular weight is 1440 g/mol. The molecular formula is C81H136O17P2. The molecule has 572 valence electrons. The van der Waals surface area contributed by atoms with Crippen molar-refractivity contribution in [3.05, 3.63) is 134 Å². The van der Waals surface area contributed by atoms with Crippen molar-refractivity contribution in [2.24, 2.45) is 0 Å². The summed E-state index contributed by atoms with van der Waals surface area (Å²) in [7, 11) is -10.00. The summed E-state index contributed by atoms with van der Waals surface area (Å²) in [5.74, 6) is -2.40. The third-order valence-corrected chi connectivity index (χ3v) is 17.5. The third kappa shape index (κ3) is 71.6. The van der Waals surface area contributed by atoms with Crippen molar-refractivity contribution >= 4 is 39.5 Å². The van der Waals surface area contributed by atoms with Crippen molar-refractivity contribution in [1.29, 1.82) is 0 Å². The molecule has 3 N–H and O–H groups in total. The van der Waals surface area contributed by atoms with Gasteiger partial charge >= 0.3 is 39.5 Å². The Hall–Kier alpha value is -4.80. The second-order valence-electron chi connectivity index (χ2n) is 25.2. The first-order valence-corrected chi connectivity index (χ1v) is 41.4. The van der Waals surface area contributed by atoms with Crippen LogP contribution in [0.2, 0.25) is 0 Å². The van der Waals surface area contributed by atoms with E-state index in [1.807, 2.05) is 24.3 Å². The van der Waals surface area contributed by atoms with Gasteiger partial charge in [-0.2, -0.15) is 0 Å². The molecule has 0 spiro atoms. The maximum Gasteiger partial charge on any atom is 0.472 e. The standard InChI is InChI=1S/C81H136O17P2/c1-5-9-13-17-21-25-29-33-36-37-40-43-46-50-54-58-62-66-79(84)92-72-77(98-81(86)68-64-60-56-52-48-44-39-35-31-27-23-19-15-11-7-3)74-96-100(89,90)94-70-75(82)69-93-99(87,88)95-73-76(97-80(85)67-63-59-55-51-47-41-32-28-24-20-16-12-8-4)71-91-78(83)65-61-57-53-49-45-42-38-34-30-26-22-18-14-10-6-2/h9,11,13,15,21,23,25,27,33-36,38-40,43,48,50,52,54,60,64,75-77,82H,5-8,10,12,14,16-20,22,24,26,28-32,37,41-42,44-47,49,51,53,55-59,61-63,65-74H2,1-4H3,(H,87,88)(H,89,90)/b13-9-,15-11-,25-21-,27-23-,36-33-,38-34-,39-35-,43-40-,52-48-,54-50-,64-60-. The highest BCUT2D eigenvalue weighted by atomic mass is 31.2. The molecule has 100 heavy (non-hydrogen) atoms. The fourth-order valence-corrected chi connectivity index (χ4v) is 11.4. The number of aliphatic hydroxyl groups excluding tert-OH is 1. The number of hydrogen-bond donors (Lipinski definition) is 3. The van der Waals surface area contributed by atoms with E-state index in [4.69, 9.17) is 37.0 Å². The number of esters is 4. The molecule has 0 heterocycles. The van der Waals surface area contributed by atoms with Crippen molar-refractivity contribution in [1.82, 2.24) is 0 Å². The Balaban J connectivity index is 5.47. The van der Waals surface area contributed by atoms with Crippen molar-refractivity contribution in [2.75, 3.05) is 39.6 Å². The smallest absolute Gasteiger partial charge is 0.462 e. The summed E-state index contributed by atoms with van der Waals surface area (Å²) >= 11 is 0. The summed E-state index contributed by atoms with van der Waals surface area (Å²) < 4.78 is 68.3. The summed E-state index contributed by atoms with van der Waals surface area (Å²) in [5, 5.41) is 10.6. The lowest BCUT2D eigenvalue weighted by Gasteiger charge is -2.21. The summed E-state index contributed by atoms with van der Waals surface area (Å²) in [6.45, 7) is 4.45. The fraction of sp³-hybridized carbons (Fsp3) is 0.679. The van der Waals surface area contributed by atoms with E-state index in [0.29, 0.717) is 32.1 Å². The van der Waals surface area contributed by atoms with Crippen LogP contribution in [0.25, 0.3) is 0 Å². The van der Waals surface area contributed by atoms with Gasteiger partial charge in [-0.1, -0.05) is 290 Å². The number of carbonyl (C=O) groups excluding carboxylic acids is 4. The number of phosphoric acid groups is 2. The molecule has 0 aliphatic rings. The molecule has 17 nitrogen and oxygen atoms in total. The summed E-state index contributed by atoms with van der Waals surface area (Å²) in [6, 6.07) is 0. The zero-order valence-corrected chi connectivity index (χ0v) is 64.1. The fourth-order valence-electron chi connectivity index (χ4n) is 9.86. The third-order valence-electron chi connectivity index (χ3n) is 15.6. The number of aliphatic hydroxyl groups is 1. The number of ether oxygens (including phenoxy) is 4. The van der Waals surface area contributed by atoms with Gasteiger partial charge < -0.3 is 33.8 Å². The molecular weight excluding hydrogens is 1310 g/mol. The molecule has 0 aliphatic carbocycles. The molecule has 0 saturated heterocycles. The highest BCUT2D eigenvalue weighted by Crippen LogP contribution is 2.45. The highest BCUT2D eigenvalue weighted by molar-refractivity contribution is 7.47. The van der Waals surface area contributed by atoms with Crippen molar-refractivity contribution < 1.29 is 80.2 Å². The maximum absolute atomic E-state index is 13.1. The number of carbonyl (C=O) groups is 4. The van der Waals surface area contributed by atoms with Crippen LogP contribution >= 0.6 is 15.6 Å². The molecule has 19 heteroatoms. The largest absolute Gasteiger partial charge is 0.472 e. The van der Waals surface area contributed by atoms with E-state index in [0.717, 1.165) is 122 Å². The topological polar surface area (TPSA) is 237 Å². The Morgan fingerprint density at radius 2 is 0.570 bits per heavy atom. The number of hydrogen-bond acceptors (Lipinski definition) is 15. The van der Waals surface area contributed by atoms with Gasteiger partial charge in [-0.3, -0.25) is 37.3 Å². The van der Waals surface area contributed by atoms with Crippen LogP contribution in [0.1, 0.15) is 297 Å². The van der Waals surface area contributed by atoms with Gasteiger partial charge in [0, 0.05) is 19.3 Å². The van der Waals surface area contributed by atoms with Crippen molar-refractivity contribution in [3.8, 4) is 0 Å². The second-order valence-corrected chi connectivity index (χ2v) is 28.1. The predicted molar refractivity (Wildman–Crippen MR) is 408 cm³/mol. The molecule has 0 aromatic carbocycles. The predicted octanol–water partition coefficient (Wildman–Crippen LogP) is 22.1. The zero-order chi connectivity index (χ0) is 73.2. The van der Waals surface area contributed by atoms with Crippen LogP contribution in [0.3, 0.4) is 0 Å². The Kier molecular flexibility index (Phi) is 69.1. The molecule has 0 saturated carbocycles. The Labute approximate surface area is 605 Å². The van der Waals surface area contributed by atoms with Crippen molar-refractivity contribution in [3.63, 3.8) is 0 Å². The molecule has 0 aliphatic heterocycles. The molecule has 0 rings (SSSR count). The van der Waals surface area contributed by atoms with Gasteiger partial charge in [0.15, 0.2) is 12.2 Å². The molecule has 0 aromatic rings. The van der Waals surface area contributed by atoms with Crippen LogP contribution in [0, 0.1) is 0 Å². The second kappa shape index (κ2) is 72.5. The zero-order valence-electron chi connectivity index (χ0n) is 62.3. The van der Waals surface area contributed by atoms with Crippen LogP contribution in [-0.2, 0) is 65.4 Å². The summed E-state index contributed by atoms with van der Waals surface area (Å²) in [4.78, 5) is 72.8. The molecule has 5 atom stereocenters. The van der Waals surface area contributed by atoms with E-state index >= 15 is 0 Å². The van der Waals surface area contributed by atoms with Gasteiger partial charge in [0.25, 0.3) is 0 Å². The van der Waals surface area contributed by atoms with Gasteiger partial charge in [-0.25, -0.2) is 9.13 Å². The molecule has 5 unspecified atom stereocenters. The Bertz CT molecular complexity index is 2420. The van der Waals surface area contributed by atoms with Crippen LogP contribution < -0.4 is 0 Å². The molecule has 0 amide bonds. The van der Waals surface area contributed by atoms with Crippen molar-refractivity contribution in [2.45, 2.75) is 316 Å². The van der Waals surface area contributed by atoms with Crippen LogP contribution in [0.4, 0.5) is 0 Å². The average Bonchev–Trinajstić information content (AvgIpc) is 1.06. The molecule has 0 fully saturated rings. The van der Waals surface area contributed by atoms with Gasteiger partial charge in [0.1, 0.15) is 19.3 Å². The van der Waals surface area contributed by atoms with Gasteiger partial charge in [0.2, 0.25) is 0 Å². The number of phosphoric ester groups is 2. The van der Waals surface area contributed by atoms with E-state index < -0.39 is 97.5 Å². The van der Waals surface area contributed by atoms with Crippen LogP contribution in [-0.4, -0.2) is 96.7 Å². The van der Waals surface area contributed by atoms with E-state index in [1.54, 1.807) is 12.2 Å². The summed E-state index contributed by atoms with van der Waals surface area (Å²) in [5.41, 5.74) is 0. The lowest BCUT2D eigenvalue weighted by molar-refractivity contribution is -0.161. The lowest BCUT2D eigenvalue weighted by atomic mass is 10.0. The van der Waals surface area contributed by atoms with E-state index in [9.17, 15) is 43.2 Å². The van der Waals surface area contributed by atoms with E-state index in [2.05, 4.69) is 125 Å². The van der Waals surface area contributed by atoms with Gasteiger partial charge in [-0.15, -0.1) is 0 Å². The SMILES string of the molecule is CC/C=C\C/C=C\C/C=C\C/C=C\C/C=C\CCCC(=O)OCC(COP(=O)(O)OCC(O)COP(=O)(O)OCC(COC(=O)CCCCCCC/C=C\CCCCCCCC)OC(=O)CCCCCCCCCCCCCCC)OC(=O)C/C=C\C/C=C\C/C=C\C/C=C\C/C=C\CC. The minimum absolute atomic E-state index is 0.0602. The minimum atomic E-state index is -5.01. The lowest BCUT2D eigenvalue weighted by Crippen LogP contribution is -2.30. The van der Waals surface area contributed by atoms with Gasteiger partial charge in [-0.05, 0) is 116 Å². The maximum atomic E-state index is 13.1. The summed E-state index contributed by atoms with van der Waals surface area (Å²) in [6.07, 6.45) is 80.5. The first-order valence-electron chi connectivity index (χ1n) is 38.4. The first kappa shape index (κ1) is 95.2. The highest BCUT2D eigenvalue weighted by Gasteiger charge is 2.30. The molecule has 0 bridgehead atoms. The first-order chi connectivity index (χ1) is 48.7. The normalized spacial score (nSPS) is 14.7. The Morgan fingerprint density at radius 3 is 0.940 bits per heavy atom. The quantitative estimate of drug-likeness (QED) is 0.0169. The van der Waals surface area contributed by atoms with Crippen LogP contribution in [0.5, 0.6) is 0 Å². The number of allylic oxidation sites excluding steroid dienone is 21. The monoisotopic (exact) mass is 1440 g/mol. The molecule has 0 radical (unpaired) electrons. The van der Waals surface area contributed by atoms with Crippen LogP contribution in [0.15, 0.2) is 134 Å². The van der Waals surface area contributed by atoms with Gasteiger partial charge in [0.05, 0.1) is 32.8 Å². The molecule has 0 aromatic heterocycles. The number of unbranched alkanes of at least 4 members (excludes halogenated alkanes) is 24. The minimum Gasteiger partial charge on any atom is -0.462 e. The van der Waals surface area contributed by atoms with E-state index in [1.165, 1.54) is 89.9 Å². The number of rotatable bonds is 71. The Morgan fingerprint density at radius 1 is 0.300 bits per heavy atom.